The first-order valence-electron chi connectivity index (χ1n) is 5.31. The number of pyridine rings is 1. The van der Waals surface area contributed by atoms with Gasteiger partial charge < -0.3 is 0 Å². The molecule has 1 aromatic rings. The second-order valence-electron chi connectivity index (χ2n) is 4.49. The number of nitrogens with zero attached hydrogens (tertiary/aromatic N) is 1. The van der Waals surface area contributed by atoms with Crippen LogP contribution >= 0.6 is 0 Å². The number of rotatable bonds is 0. The van der Waals surface area contributed by atoms with Crippen LogP contribution in [0.2, 0.25) is 0 Å². The monoisotopic (exact) mass is 195 g/mol. The molecule has 0 aliphatic rings. The number of hydrogen-bond acceptors (Lipinski definition) is 1. The molecule has 0 aliphatic carbocycles. The van der Waals surface area contributed by atoms with Crippen LogP contribution in [0.5, 0.6) is 0 Å². The SMILES string of the molecule is CC(C)C.CC(C)C.c1ccncc1. The lowest BCUT2D eigenvalue weighted by atomic mass is 10.3. The maximum absolute atomic E-state index is 3.78. The summed E-state index contributed by atoms with van der Waals surface area (Å²) in [5.41, 5.74) is 0. The Balaban J connectivity index is 0. The van der Waals surface area contributed by atoms with Crippen LogP contribution in [0.4, 0.5) is 0 Å². The summed E-state index contributed by atoms with van der Waals surface area (Å²) >= 11 is 0. The van der Waals surface area contributed by atoms with E-state index in [1.807, 2.05) is 18.2 Å². The molecule has 0 N–H and O–H groups in total. The summed E-state index contributed by atoms with van der Waals surface area (Å²) in [6.07, 6.45) is 3.50. The average molecular weight is 195 g/mol. The first kappa shape index (κ1) is 15.6. The summed E-state index contributed by atoms with van der Waals surface area (Å²) in [5, 5.41) is 0. The van der Waals surface area contributed by atoms with E-state index in [1.165, 1.54) is 0 Å². The van der Waals surface area contributed by atoms with Gasteiger partial charge in [0.15, 0.2) is 0 Å². The molecule has 1 aromatic heterocycles. The van der Waals surface area contributed by atoms with Gasteiger partial charge in [-0.15, -0.1) is 0 Å². The van der Waals surface area contributed by atoms with Gasteiger partial charge in [-0.25, -0.2) is 0 Å². The van der Waals surface area contributed by atoms with E-state index in [-0.39, 0.29) is 0 Å². The molecule has 1 heteroatoms. The summed E-state index contributed by atoms with van der Waals surface area (Å²) < 4.78 is 0. The summed E-state index contributed by atoms with van der Waals surface area (Å²) in [6, 6.07) is 5.72. The largest absolute Gasteiger partial charge is 0.265 e. The van der Waals surface area contributed by atoms with Gasteiger partial charge in [-0.3, -0.25) is 4.98 Å². The van der Waals surface area contributed by atoms with Crippen molar-refractivity contribution in [1.29, 1.82) is 0 Å². The third-order valence-electron chi connectivity index (χ3n) is 0.566. The average Bonchev–Trinajstić information content (AvgIpc) is 2.05. The number of hydrogen-bond donors (Lipinski definition) is 0. The van der Waals surface area contributed by atoms with Crippen LogP contribution in [0, 0.1) is 11.8 Å². The molecule has 0 saturated heterocycles. The first-order chi connectivity index (χ1) is 6.46. The lowest BCUT2D eigenvalue weighted by Crippen LogP contribution is -1.66. The molecule has 0 fully saturated rings. The van der Waals surface area contributed by atoms with Crippen LogP contribution in [-0.2, 0) is 0 Å². The molecule has 14 heavy (non-hydrogen) atoms. The van der Waals surface area contributed by atoms with Gasteiger partial charge in [-0.2, -0.15) is 0 Å². The highest BCUT2D eigenvalue weighted by Gasteiger charge is 1.68. The summed E-state index contributed by atoms with van der Waals surface area (Å²) in [6.45, 7) is 13.0. The molecule has 0 aliphatic heterocycles. The Hall–Kier alpha value is -0.850. The molecule has 1 nitrogen and oxygen atoms in total. The predicted octanol–water partition coefficient (Wildman–Crippen LogP) is 4.41. The second kappa shape index (κ2) is 12.2. The fraction of sp³-hybridized carbons (Fsp3) is 0.615. The van der Waals surface area contributed by atoms with Crippen molar-refractivity contribution < 1.29 is 0 Å². The van der Waals surface area contributed by atoms with Crippen LogP contribution in [0.15, 0.2) is 30.6 Å². The van der Waals surface area contributed by atoms with Gasteiger partial charge in [-0.1, -0.05) is 47.6 Å². The lowest BCUT2D eigenvalue weighted by Gasteiger charge is -1.79. The summed E-state index contributed by atoms with van der Waals surface area (Å²) in [7, 11) is 0. The van der Waals surface area contributed by atoms with E-state index in [2.05, 4.69) is 46.5 Å². The van der Waals surface area contributed by atoms with E-state index in [0.29, 0.717) is 0 Å². The Morgan fingerprint density at radius 1 is 0.643 bits per heavy atom. The second-order valence-corrected chi connectivity index (χ2v) is 4.49. The smallest absolute Gasteiger partial charge is 0.0267 e. The molecule has 0 unspecified atom stereocenters. The molecule has 0 radical (unpaired) electrons. The quantitative estimate of drug-likeness (QED) is 0.597. The number of aromatic nitrogens is 1. The molecular formula is C13H25N. The van der Waals surface area contributed by atoms with Crippen molar-refractivity contribution in [2.24, 2.45) is 11.8 Å². The fourth-order valence-electron chi connectivity index (χ4n) is 0.313. The Kier molecular flexibility index (Phi) is 13.6. The van der Waals surface area contributed by atoms with Crippen LogP contribution in [0.1, 0.15) is 41.5 Å². The zero-order chi connectivity index (χ0) is 11.4. The van der Waals surface area contributed by atoms with Crippen molar-refractivity contribution >= 4 is 0 Å². The van der Waals surface area contributed by atoms with E-state index >= 15 is 0 Å². The molecule has 1 heterocycles. The minimum Gasteiger partial charge on any atom is -0.265 e. The van der Waals surface area contributed by atoms with E-state index in [4.69, 9.17) is 0 Å². The highest BCUT2D eigenvalue weighted by Crippen LogP contribution is 1.81. The summed E-state index contributed by atoms with van der Waals surface area (Å²) in [5.74, 6) is 1.67. The third-order valence-corrected chi connectivity index (χ3v) is 0.566. The highest BCUT2D eigenvalue weighted by atomic mass is 14.6. The lowest BCUT2D eigenvalue weighted by molar-refractivity contribution is 0.736. The van der Waals surface area contributed by atoms with E-state index < -0.39 is 0 Å². The maximum atomic E-state index is 3.78. The van der Waals surface area contributed by atoms with Gasteiger partial charge in [0.25, 0.3) is 0 Å². The Labute approximate surface area is 89.6 Å². The Morgan fingerprint density at radius 2 is 0.929 bits per heavy atom. The van der Waals surface area contributed by atoms with Crippen LogP contribution in [0.25, 0.3) is 0 Å². The standard InChI is InChI=1S/C5H5N.2C4H10/c1-2-4-6-5-3-1;2*1-4(2)3/h1-5H;2*4H,1-3H3. The van der Waals surface area contributed by atoms with Crippen LogP contribution < -0.4 is 0 Å². The Morgan fingerprint density at radius 3 is 1.00 bits per heavy atom. The predicted molar refractivity (Wildman–Crippen MR) is 65.3 cm³/mol. The first-order valence-corrected chi connectivity index (χ1v) is 5.31. The molecule has 0 aromatic carbocycles. The normalized spacial score (nSPS) is 8.57. The molecule has 0 amide bonds. The third kappa shape index (κ3) is 43.3. The van der Waals surface area contributed by atoms with Crippen molar-refractivity contribution in [3.63, 3.8) is 0 Å². The van der Waals surface area contributed by atoms with Gasteiger partial charge in [-0.05, 0) is 24.0 Å². The van der Waals surface area contributed by atoms with Gasteiger partial charge in [0.2, 0.25) is 0 Å². The van der Waals surface area contributed by atoms with E-state index in [0.717, 1.165) is 11.8 Å². The van der Waals surface area contributed by atoms with Gasteiger partial charge >= 0.3 is 0 Å². The van der Waals surface area contributed by atoms with Crippen LogP contribution in [-0.4, -0.2) is 4.98 Å². The van der Waals surface area contributed by atoms with Crippen molar-refractivity contribution in [3.05, 3.63) is 30.6 Å². The van der Waals surface area contributed by atoms with Gasteiger partial charge in [0, 0.05) is 12.4 Å². The molecular weight excluding hydrogens is 170 g/mol. The van der Waals surface area contributed by atoms with Crippen molar-refractivity contribution in [3.8, 4) is 0 Å². The molecule has 0 saturated carbocycles. The zero-order valence-corrected chi connectivity index (χ0v) is 10.5. The highest BCUT2D eigenvalue weighted by molar-refractivity contribution is 4.88. The topological polar surface area (TPSA) is 12.9 Å². The van der Waals surface area contributed by atoms with Crippen LogP contribution in [0.3, 0.4) is 0 Å². The van der Waals surface area contributed by atoms with Crippen molar-refractivity contribution in [2.45, 2.75) is 41.5 Å². The molecule has 0 bridgehead atoms. The molecule has 0 spiro atoms. The summed E-state index contributed by atoms with van der Waals surface area (Å²) in [4.78, 5) is 3.78. The molecule has 82 valence electrons. The van der Waals surface area contributed by atoms with Gasteiger partial charge in [0.1, 0.15) is 0 Å². The zero-order valence-electron chi connectivity index (χ0n) is 10.5. The van der Waals surface area contributed by atoms with E-state index in [1.54, 1.807) is 12.4 Å². The fourth-order valence-corrected chi connectivity index (χ4v) is 0.313. The maximum Gasteiger partial charge on any atom is 0.0267 e. The minimum atomic E-state index is 0.833. The Bertz CT molecular complexity index is 130. The van der Waals surface area contributed by atoms with Gasteiger partial charge in [0.05, 0.1) is 0 Å². The van der Waals surface area contributed by atoms with E-state index in [9.17, 15) is 0 Å². The molecule has 0 atom stereocenters. The molecule has 1 rings (SSSR count). The minimum absolute atomic E-state index is 0.833. The van der Waals surface area contributed by atoms with Crippen molar-refractivity contribution in [2.75, 3.05) is 0 Å². The van der Waals surface area contributed by atoms with Crippen molar-refractivity contribution in [1.82, 2.24) is 4.98 Å².